The molecule has 6 heteroatoms. The van der Waals surface area contributed by atoms with Crippen molar-refractivity contribution in [3.63, 3.8) is 0 Å². The minimum absolute atomic E-state index is 0.182. The molecule has 18 heavy (non-hydrogen) atoms. The number of carbonyl (C=O) groups is 2. The molecule has 0 spiro atoms. The molecular weight excluding hydrogens is 234 g/mol. The first kappa shape index (κ1) is 12.6. The van der Waals surface area contributed by atoms with E-state index in [-0.39, 0.29) is 5.91 Å². The Balaban J connectivity index is 1.92. The molecule has 1 fully saturated rings. The second-order valence-electron chi connectivity index (χ2n) is 4.59. The zero-order valence-corrected chi connectivity index (χ0v) is 10.1. The molecule has 2 rings (SSSR count). The smallest absolute Gasteiger partial charge is 0.307 e. The number of hydrogen-bond acceptors (Lipinski definition) is 3. The minimum atomic E-state index is -0.868. The van der Waals surface area contributed by atoms with Gasteiger partial charge in [0.15, 0.2) is 0 Å². The number of nitrogens with zero attached hydrogens (tertiary/aromatic N) is 1. The number of carboxylic acids is 1. The molecule has 1 amide bonds. The van der Waals surface area contributed by atoms with E-state index >= 15 is 0 Å². The molecule has 0 radical (unpaired) electrons. The summed E-state index contributed by atoms with van der Waals surface area (Å²) in [6, 6.07) is 0. The molecule has 1 aliphatic carbocycles. The molecule has 1 aliphatic rings. The number of aromatic nitrogens is 2. The van der Waals surface area contributed by atoms with Crippen LogP contribution in [0.5, 0.6) is 0 Å². The zero-order chi connectivity index (χ0) is 13.0. The standard InChI is InChI=1S/C12H17N3O3/c16-11(15-7-10-13-5-6-14-10)8-3-1-2-4-9(8)12(17)18/h5-6,8-9H,1-4,7H2,(H,13,14)(H,15,16)(H,17,18)/t8-,9+/m1/s1. The number of rotatable bonds is 4. The summed E-state index contributed by atoms with van der Waals surface area (Å²) in [5.74, 6) is -1.33. The topological polar surface area (TPSA) is 95.1 Å². The summed E-state index contributed by atoms with van der Waals surface area (Å²) in [7, 11) is 0. The van der Waals surface area contributed by atoms with Crippen LogP contribution in [0.1, 0.15) is 31.5 Å². The van der Waals surface area contributed by atoms with Gasteiger partial charge in [-0.2, -0.15) is 0 Å². The Morgan fingerprint density at radius 2 is 2.11 bits per heavy atom. The number of imidazole rings is 1. The van der Waals surface area contributed by atoms with E-state index in [4.69, 9.17) is 5.11 Å². The summed E-state index contributed by atoms with van der Waals surface area (Å²) in [6.45, 7) is 0.314. The largest absolute Gasteiger partial charge is 0.481 e. The summed E-state index contributed by atoms with van der Waals surface area (Å²) in [5.41, 5.74) is 0. The van der Waals surface area contributed by atoms with E-state index in [0.29, 0.717) is 25.2 Å². The minimum Gasteiger partial charge on any atom is -0.481 e. The van der Waals surface area contributed by atoms with E-state index in [2.05, 4.69) is 15.3 Å². The molecule has 3 N–H and O–H groups in total. The van der Waals surface area contributed by atoms with Crippen molar-refractivity contribution in [3.05, 3.63) is 18.2 Å². The van der Waals surface area contributed by atoms with Crippen LogP contribution in [-0.2, 0) is 16.1 Å². The van der Waals surface area contributed by atoms with Gasteiger partial charge in [-0.3, -0.25) is 9.59 Å². The lowest BCUT2D eigenvalue weighted by molar-refractivity contribution is -0.148. The van der Waals surface area contributed by atoms with Gasteiger partial charge in [-0.1, -0.05) is 12.8 Å². The van der Waals surface area contributed by atoms with Crippen LogP contribution in [0.25, 0.3) is 0 Å². The first-order valence-corrected chi connectivity index (χ1v) is 6.17. The number of amides is 1. The quantitative estimate of drug-likeness (QED) is 0.741. The number of aliphatic carboxylic acids is 1. The number of aromatic amines is 1. The summed E-state index contributed by atoms with van der Waals surface area (Å²) in [4.78, 5) is 30.0. The van der Waals surface area contributed by atoms with Gasteiger partial charge in [0.1, 0.15) is 5.82 Å². The summed E-state index contributed by atoms with van der Waals surface area (Å²) in [6.07, 6.45) is 6.35. The highest BCUT2D eigenvalue weighted by atomic mass is 16.4. The summed E-state index contributed by atoms with van der Waals surface area (Å²) in [5, 5.41) is 11.9. The molecule has 1 aromatic heterocycles. The van der Waals surface area contributed by atoms with Crippen LogP contribution in [-0.4, -0.2) is 27.0 Å². The van der Waals surface area contributed by atoms with Crippen LogP contribution in [0.4, 0.5) is 0 Å². The van der Waals surface area contributed by atoms with Crippen LogP contribution >= 0.6 is 0 Å². The third-order valence-corrected chi connectivity index (χ3v) is 3.40. The monoisotopic (exact) mass is 251 g/mol. The van der Waals surface area contributed by atoms with Crippen LogP contribution in [0.2, 0.25) is 0 Å². The average Bonchev–Trinajstić information content (AvgIpc) is 2.89. The summed E-state index contributed by atoms with van der Waals surface area (Å²) < 4.78 is 0. The van der Waals surface area contributed by atoms with Gasteiger partial charge in [0, 0.05) is 12.4 Å². The number of carboxylic acid groups (broad SMARTS) is 1. The van der Waals surface area contributed by atoms with Gasteiger partial charge in [0.05, 0.1) is 18.4 Å². The molecule has 1 saturated carbocycles. The van der Waals surface area contributed by atoms with Crippen molar-refractivity contribution in [2.24, 2.45) is 11.8 Å². The predicted molar refractivity (Wildman–Crippen MR) is 63.5 cm³/mol. The molecule has 0 unspecified atom stereocenters. The highest BCUT2D eigenvalue weighted by Crippen LogP contribution is 2.30. The number of hydrogen-bond donors (Lipinski definition) is 3. The molecule has 0 saturated heterocycles. The van der Waals surface area contributed by atoms with Crippen molar-refractivity contribution in [2.45, 2.75) is 32.2 Å². The highest BCUT2D eigenvalue weighted by molar-refractivity contribution is 5.84. The van der Waals surface area contributed by atoms with Crippen LogP contribution in [0.15, 0.2) is 12.4 Å². The SMILES string of the molecule is O=C(O)[C@H]1CCCC[C@H]1C(=O)NCc1ncc[nH]1. The lowest BCUT2D eigenvalue weighted by atomic mass is 9.79. The Kier molecular flexibility index (Phi) is 3.96. The van der Waals surface area contributed by atoms with Crippen molar-refractivity contribution >= 4 is 11.9 Å². The van der Waals surface area contributed by atoms with Gasteiger partial charge < -0.3 is 15.4 Å². The lowest BCUT2D eigenvalue weighted by Gasteiger charge is -2.27. The molecular formula is C12H17N3O3. The fourth-order valence-electron chi connectivity index (χ4n) is 2.44. The maximum absolute atomic E-state index is 12.0. The van der Waals surface area contributed by atoms with Gasteiger partial charge in [0.2, 0.25) is 5.91 Å². The van der Waals surface area contributed by atoms with Crippen molar-refractivity contribution in [1.29, 1.82) is 0 Å². The fraction of sp³-hybridized carbons (Fsp3) is 0.583. The third-order valence-electron chi connectivity index (χ3n) is 3.40. The molecule has 98 valence electrons. The van der Waals surface area contributed by atoms with E-state index in [1.165, 1.54) is 0 Å². The number of nitrogens with one attached hydrogen (secondary N) is 2. The first-order valence-electron chi connectivity index (χ1n) is 6.17. The number of H-pyrrole nitrogens is 1. The van der Waals surface area contributed by atoms with E-state index in [9.17, 15) is 9.59 Å². The van der Waals surface area contributed by atoms with Crippen LogP contribution < -0.4 is 5.32 Å². The molecule has 0 aliphatic heterocycles. The van der Waals surface area contributed by atoms with Crippen molar-refractivity contribution in [1.82, 2.24) is 15.3 Å². The predicted octanol–water partition coefficient (Wildman–Crippen LogP) is 0.917. The van der Waals surface area contributed by atoms with Gasteiger partial charge in [-0.25, -0.2) is 4.98 Å². The van der Waals surface area contributed by atoms with E-state index in [1.54, 1.807) is 12.4 Å². The molecule has 0 aromatic carbocycles. The highest BCUT2D eigenvalue weighted by Gasteiger charge is 2.35. The fourth-order valence-corrected chi connectivity index (χ4v) is 2.44. The normalized spacial score (nSPS) is 23.6. The Labute approximate surface area is 105 Å². The van der Waals surface area contributed by atoms with Crippen molar-refractivity contribution in [2.75, 3.05) is 0 Å². The Bertz CT molecular complexity index is 416. The Morgan fingerprint density at radius 3 is 2.72 bits per heavy atom. The van der Waals surface area contributed by atoms with Gasteiger partial charge >= 0.3 is 5.97 Å². The van der Waals surface area contributed by atoms with E-state index in [0.717, 1.165) is 12.8 Å². The second-order valence-corrected chi connectivity index (χ2v) is 4.59. The zero-order valence-electron chi connectivity index (χ0n) is 10.1. The lowest BCUT2D eigenvalue weighted by Crippen LogP contribution is -2.39. The van der Waals surface area contributed by atoms with Crippen molar-refractivity contribution < 1.29 is 14.7 Å². The van der Waals surface area contributed by atoms with Crippen LogP contribution in [0, 0.1) is 11.8 Å². The maximum atomic E-state index is 12.0. The number of carbonyl (C=O) groups excluding carboxylic acids is 1. The van der Waals surface area contributed by atoms with Gasteiger partial charge in [-0.15, -0.1) is 0 Å². The average molecular weight is 251 g/mol. The first-order chi connectivity index (χ1) is 8.68. The Morgan fingerprint density at radius 1 is 1.39 bits per heavy atom. The third kappa shape index (κ3) is 2.88. The molecule has 2 atom stereocenters. The second kappa shape index (κ2) is 5.66. The Hall–Kier alpha value is -1.85. The molecule has 6 nitrogen and oxygen atoms in total. The summed E-state index contributed by atoms with van der Waals surface area (Å²) >= 11 is 0. The van der Waals surface area contributed by atoms with Crippen molar-refractivity contribution in [3.8, 4) is 0 Å². The van der Waals surface area contributed by atoms with E-state index in [1.807, 2.05) is 0 Å². The van der Waals surface area contributed by atoms with E-state index < -0.39 is 17.8 Å². The maximum Gasteiger partial charge on any atom is 0.307 e. The molecule has 1 heterocycles. The van der Waals surface area contributed by atoms with Crippen LogP contribution in [0.3, 0.4) is 0 Å². The molecule has 1 aromatic rings. The molecule has 0 bridgehead atoms. The van der Waals surface area contributed by atoms with Gasteiger partial charge in [0.25, 0.3) is 0 Å². The van der Waals surface area contributed by atoms with Gasteiger partial charge in [-0.05, 0) is 12.8 Å².